The van der Waals surface area contributed by atoms with Crippen molar-refractivity contribution in [1.29, 1.82) is 0 Å². The van der Waals surface area contributed by atoms with Crippen LogP contribution in [-0.2, 0) is 37.8 Å². The highest BCUT2D eigenvalue weighted by molar-refractivity contribution is 6.31. The zero-order valence-electron chi connectivity index (χ0n) is 54.8. The second-order valence-corrected chi connectivity index (χ2v) is 27.0. The Morgan fingerprint density at radius 3 is 1.12 bits per heavy atom. The van der Waals surface area contributed by atoms with Gasteiger partial charge in [0.15, 0.2) is 23.3 Å². The van der Waals surface area contributed by atoms with Crippen LogP contribution in [0.2, 0.25) is 5.02 Å². The van der Waals surface area contributed by atoms with Gasteiger partial charge in [0.1, 0.15) is 17.5 Å². The predicted octanol–water partition coefficient (Wildman–Crippen LogP) is 16.2. The highest BCUT2D eigenvalue weighted by Crippen LogP contribution is 2.49. The van der Waals surface area contributed by atoms with Gasteiger partial charge in [0.25, 0.3) is 17.7 Å². The molecule has 3 amide bonds. The molecule has 29 heteroatoms. The maximum atomic E-state index is 14.7. The lowest BCUT2D eigenvalue weighted by Crippen LogP contribution is -2.37. The Balaban J connectivity index is 0.000000138. The fourth-order valence-electron chi connectivity index (χ4n) is 15.9. The molecule has 6 aliphatic rings. The molecule has 3 aromatic carbocycles. The Kier molecular flexibility index (Phi) is 20.0. The molecule has 534 valence electrons. The number of benzene rings is 3. The highest BCUT2D eigenvalue weighted by Gasteiger charge is 2.52. The second-order valence-electron chi connectivity index (χ2n) is 26.6. The third kappa shape index (κ3) is 14.6. The van der Waals surface area contributed by atoms with Crippen LogP contribution in [0.4, 0.5) is 57.1 Å². The molecule has 15 rings (SSSR count). The van der Waals surface area contributed by atoms with E-state index in [1.54, 1.807) is 47.9 Å². The van der Waals surface area contributed by atoms with Gasteiger partial charge in [0, 0.05) is 90.8 Å². The monoisotopic (exact) mass is 1450 g/mol. The molecule has 9 aromatic rings. The van der Waals surface area contributed by atoms with E-state index in [1.807, 2.05) is 54.0 Å². The lowest BCUT2D eigenvalue weighted by Gasteiger charge is -2.26. The van der Waals surface area contributed by atoms with Crippen LogP contribution < -0.4 is 0 Å². The lowest BCUT2D eigenvalue weighted by atomic mass is 9.85. The number of hydrogen-bond acceptors (Lipinski definition) is 12. The van der Waals surface area contributed by atoms with E-state index in [1.165, 1.54) is 12.1 Å². The van der Waals surface area contributed by atoms with Crippen LogP contribution in [0.3, 0.4) is 0 Å². The number of carbonyl (C=O) groups is 3. The summed E-state index contributed by atoms with van der Waals surface area (Å²) in [6.07, 6.45) is 3.98. The van der Waals surface area contributed by atoms with Crippen molar-refractivity contribution in [2.24, 2.45) is 17.8 Å². The van der Waals surface area contributed by atoms with E-state index in [0.29, 0.717) is 90.7 Å². The van der Waals surface area contributed by atoms with Crippen LogP contribution in [0, 0.1) is 54.9 Å². The molecule has 9 unspecified atom stereocenters. The SMILES string of the molecule is Cc1cccc(C(=O)N2C3CCC2C(Cc2ncc(C(F)(F)F)cc2Cl)C3)c1-c1ncccn1.Cc1cccc(C(=O)N2C3CCC2C(Cc2ncc(C(F)(F)F)cc2F)C3)c1-c1ncccn1.O=C(c1cccc(F)c1-c1ncc(F)cn1)N1C2CCC1C(Cc1ncc(C(F)(F)F)cc1F)C2. The van der Waals surface area contributed by atoms with Crippen molar-refractivity contribution in [3.05, 3.63) is 231 Å². The minimum Gasteiger partial charge on any atom is -0.332 e. The number of alkyl halides is 9. The van der Waals surface area contributed by atoms with Gasteiger partial charge >= 0.3 is 18.5 Å². The van der Waals surface area contributed by atoms with E-state index in [0.717, 1.165) is 79.5 Å². The zero-order valence-corrected chi connectivity index (χ0v) is 55.6. The Morgan fingerprint density at radius 1 is 0.408 bits per heavy atom. The van der Waals surface area contributed by atoms with Gasteiger partial charge in [0.2, 0.25) is 0 Å². The summed E-state index contributed by atoms with van der Waals surface area (Å²) in [6, 6.07) is 19.8. The maximum absolute atomic E-state index is 14.7. The molecule has 6 bridgehead atoms. The van der Waals surface area contributed by atoms with Crippen LogP contribution in [-0.4, -0.2) is 114 Å². The Bertz CT molecular complexity index is 4480. The molecule has 0 spiro atoms. The normalized spacial score (nSPS) is 21.7. The largest absolute Gasteiger partial charge is 0.417 e. The minimum absolute atomic E-state index is 0.00469. The highest BCUT2D eigenvalue weighted by atomic mass is 35.5. The van der Waals surface area contributed by atoms with Crippen molar-refractivity contribution in [1.82, 2.24) is 59.6 Å². The molecule has 9 atom stereocenters. The summed E-state index contributed by atoms with van der Waals surface area (Å²) in [7, 11) is 0. The molecule has 6 fully saturated rings. The summed E-state index contributed by atoms with van der Waals surface area (Å²) < 4.78 is 173. The Hall–Kier alpha value is -9.86. The van der Waals surface area contributed by atoms with Gasteiger partial charge in [-0.2, -0.15) is 39.5 Å². The van der Waals surface area contributed by atoms with Crippen molar-refractivity contribution >= 4 is 29.3 Å². The number of rotatable bonds is 12. The predicted molar refractivity (Wildman–Crippen MR) is 349 cm³/mol. The molecular weight excluding hydrogens is 1390 g/mol. The lowest BCUT2D eigenvalue weighted by molar-refractivity contribution is -0.138. The number of amides is 3. The van der Waals surface area contributed by atoms with Crippen molar-refractivity contribution in [3.8, 4) is 34.2 Å². The van der Waals surface area contributed by atoms with E-state index in [2.05, 4.69) is 44.9 Å². The molecule has 103 heavy (non-hydrogen) atoms. The first-order valence-electron chi connectivity index (χ1n) is 33.2. The summed E-state index contributed by atoms with van der Waals surface area (Å²) in [5, 5.41) is 0.0117. The fraction of sp³-hybridized carbons (Fsp3) is 0.351. The summed E-state index contributed by atoms with van der Waals surface area (Å²) in [6.45, 7) is 3.84. The van der Waals surface area contributed by atoms with E-state index >= 15 is 0 Å². The first kappa shape index (κ1) is 71.5. The summed E-state index contributed by atoms with van der Waals surface area (Å²) in [5.41, 5.74) is 1.40. The van der Waals surface area contributed by atoms with Gasteiger partial charge in [-0.1, -0.05) is 41.9 Å². The standard InChI is InChI=1S/C25H22ClF3N4O.C25H22F4N4O.C24H18F6N4O/c2*1-14-4-2-5-18(22(14)23-30-8-3-9-31-23)24(34)33-17-6-7-21(33)15(10-17)11-20-19(26)12-16(13-32-20)25(27,28)29;25-14-10-32-22(33-11-14)21-16(2-1-3-17(21)26)23(35)34-15-4-5-20(34)12(6-15)7-19-18(27)8-13(9-31-19)24(28,29)30/h2*2-5,8-9,12-13,15,17,21H,6-7,10-11H2,1H3;1-3,8-12,15,20H,4-7H2. The van der Waals surface area contributed by atoms with Crippen molar-refractivity contribution in [2.45, 2.75) is 146 Å². The van der Waals surface area contributed by atoms with Gasteiger partial charge < -0.3 is 14.7 Å². The number of aryl methyl sites for hydroxylation is 2. The summed E-state index contributed by atoms with van der Waals surface area (Å²) >= 11 is 6.16. The van der Waals surface area contributed by atoms with E-state index < -0.39 is 64.4 Å². The maximum Gasteiger partial charge on any atom is 0.417 e. The van der Waals surface area contributed by atoms with Gasteiger partial charge in [-0.25, -0.2) is 47.5 Å². The van der Waals surface area contributed by atoms with Crippen LogP contribution in [0.25, 0.3) is 34.2 Å². The third-order valence-corrected chi connectivity index (χ3v) is 20.8. The van der Waals surface area contributed by atoms with Crippen LogP contribution in [0.15, 0.2) is 141 Å². The number of hydrogen-bond donors (Lipinski definition) is 0. The molecule has 0 saturated carbocycles. The van der Waals surface area contributed by atoms with Gasteiger partial charge in [0.05, 0.1) is 73.4 Å². The zero-order chi connectivity index (χ0) is 73.0. The average molecular weight is 1450 g/mol. The van der Waals surface area contributed by atoms with Crippen LogP contribution in [0.5, 0.6) is 0 Å². The van der Waals surface area contributed by atoms with E-state index in [4.69, 9.17) is 11.6 Å². The molecule has 15 nitrogen and oxygen atoms in total. The molecule has 6 saturated heterocycles. The molecule has 0 aliphatic carbocycles. The number of fused-ring (bicyclic) bond motifs is 6. The van der Waals surface area contributed by atoms with Gasteiger partial charge in [-0.15, -0.1) is 0 Å². The van der Waals surface area contributed by atoms with Crippen molar-refractivity contribution in [2.75, 3.05) is 0 Å². The average Bonchev–Trinajstić information content (AvgIpc) is 1.62. The minimum atomic E-state index is -4.70. The quantitative estimate of drug-likeness (QED) is 0.106. The molecule has 6 aromatic heterocycles. The summed E-state index contributed by atoms with van der Waals surface area (Å²) in [4.78, 5) is 83.0. The van der Waals surface area contributed by atoms with E-state index in [-0.39, 0.29) is 112 Å². The van der Waals surface area contributed by atoms with Crippen molar-refractivity contribution in [3.63, 3.8) is 0 Å². The first-order chi connectivity index (χ1) is 49.1. The van der Waals surface area contributed by atoms with Crippen molar-refractivity contribution < 1.29 is 71.5 Å². The first-order valence-corrected chi connectivity index (χ1v) is 33.6. The van der Waals surface area contributed by atoms with Crippen LogP contribution in [0.1, 0.15) is 134 Å². The van der Waals surface area contributed by atoms with Gasteiger partial charge in [-0.3, -0.25) is 29.3 Å². The molecule has 0 radical (unpaired) electrons. The molecule has 12 heterocycles. The summed E-state index contributed by atoms with van der Waals surface area (Å²) in [5.74, 6) is -3.42. The molecular formula is C74H62ClF13N12O3. The number of pyridine rings is 3. The molecule has 6 aliphatic heterocycles. The second kappa shape index (κ2) is 28.8. The Morgan fingerprint density at radius 2 is 0.748 bits per heavy atom. The number of halogens is 14. The fourth-order valence-corrected chi connectivity index (χ4v) is 16.2. The van der Waals surface area contributed by atoms with Gasteiger partial charge in [-0.05, 0) is 174 Å². The Labute approximate surface area is 586 Å². The van der Waals surface area contributed by atoms with Crippen LogP contribution >= 0.6 is 11.6 Å². The third-order valence-electron chi connectivity index (χ3n) is 20.5. The number of nitrogens with zero attached hydrogens (tertiary/aromatic N) is 12. The molecule has 0 N–H and O–H groups in total. The number of carbonyl (C=O) groups excluding carboxylic acids is 3. The van der Waals surface area contributed by atoms with E-state index in [9.17, 15) is 71.5 Å². The smallest absolute Gasteiger partial charge is 0.332 e. The topological polar surface area (TPSA) is 177 Å². The number of aromatic nitrogens is 9.